The summed E-state index contributed by atoms with van der Waals surface area (Å²) in [6.07, 6.45) is 5.07. The van der Waals surface area contributed by atoms with Crippen LogP contribution in [0.2, 0.25) is 0 Å². The molecule has 0 saturated carbocycles. The van der Waals surface area contributed by atoms with Crippen molar-refractivity contribution in [1.82, 2.24) is 9.55 Å². The molecule has 1 aromatic heterocycles. The molecule has 0 atom stereocenters. The monoisotopic (exact) mass is 264 g/mol. The molecule has 76 valence electrons. The van der Waals surface area contributed by atoms with Crippen LogP contribution in [-0.2, 0) is 6.54 Å². The molecule has 0 saturated heterocycles. The molecule has 2 aromatic rings. The molecule has 4 heteroatoms. The predicted molar refractivity (Wildman–Crippen MR) is 60.7 cm³/mol. The third kappa shape index (κ3) is 2.33. The van der Waals surface area contributed by atoms with Crippen LogP contribution in [0, 0.1) is 0 Å². The van der Waals surface area contributed by atoms with Gasteiger partial charge >= 0.3 is 0 Å². The number of nitrogens with zero attached hydrogens (tertiary/aromatic N) is 2. The molecule has 0 aliphatic rings. The molecule has 0 fully saturated rings. The molecule has 2 rings (SSSR count). The van der Waals surface area contributed by atoms with Crippen LogP contribution in [-0.4, -0.2) is 15.3 Å². The Labute approximate surface area is 95.9 Å². The molecular formula is C11H9BrN2O. The molecule has 0 bridgehead atoms. The Morgan fingerprint density at radius 1 is 1.40 bits per heavy atom. The van der Waals surface area contributed by atoms with Crippen molar-refractivity contribution in [3.05, 3.63) is 53.0 Å². The first-order valence-corrected chi connectivity index (χ1v) is 5.30. The highest BCUT2D eigenvalue weighted by Crippen LogP contribution is 2.16. The summed E-state index contributed by atoms with van der Waals surface area (Å²) in [6, 6.07) is 7.41. The summed E-state index contributed by atoms with van der Waals surface area (Å²) >= 11 is 3.36. The van der Waals surface area contributed by atoms with Crippen molar-refractivity contribution in [2.24, 2.45) is 0 Å². The maximum atomic E-state index is 11.9. The Kier molecular flexibility index (Phi) is 2.97. The van der Waals surface area contributed by atoms with Crippen molar-refractivity contribution < 1.29 is 4.79 Å². The second-order valence-electron chi connectivity index (χ2n) is 3.14. The number of rotatable bonds is 3. The van der Waals surface area contributed by atoms with Crippen molar-refractivity contribution in [3.63, 3.8) is 0 Å². The van der Waals surface area contributed by atoms with Gasteiger partial charge in [0.05, 0.1) is 12.9 Å². The molecule has 0 unspecified atom stereocenters. The quantitative estimate of drug-likeness (QED) is 0.799. The van der Waals surface area contributed by atoms with Crippen LogP contribution < -0.4 is 0 Å². The maximum absolute atomic E-state index is 11.9. The Morgan fingerprint density at radius 2 is 2.20 bits per heavy atom. The first-order valence-electron chi connectivity index (χ1n) is 4.51. The molecule has 0 amide bonds. The third-order valence-corrected chi connectivity index (χ3v) is 2.75. The lowest BCUT2D eigenvalue weighted by molar-refractivity contribution is 0.0971. The molecular weight excluding hydrogens is 256 g/mol. The third-order valence-electron chi connectivity index (χ3n) is 2.06. The van der Waals surface area contributed by atoms with E-state index >= 15 is 0 Å². The average molecular weight is 265 g/mol. The number of carbonyl (C=O) groups excluding carboxylic acids is 1. The number of aromatic nitrogens is 2. The Balaban J connectivity index is 2.19. The second kappa shape index (κ2) is 4.40. The summed E-state index contributed by atoms with van der Waals surface area (Å²) in [5.41, 5.74) is 0.700. The fourth-order valence-corrected chi connectivity index (χ4v) is 1.82. The number of Topliss-reactive ketones (excluding diaryl/α,β-unsaturated/α-hetero) is 1. The van der Waals surface area contributed by atoms with Crippen LogP contribution in [0.5, 0.6) is 0 Å². The first kappa shape index (κ1) is 10.1. The van der Waals surface area contributed by atoms with E-state index in [9.17, 15) is 4.79 Å². The van der Waals surface area contributed by atoms with Crippen molar-refractivity contribution >= 4 is 21.7 Å². The van der Waals surface area contributed by atoms with Crippen LogP contribution in [0.1, 0.15) is 10.4 Å². The summed E-state index contributed by atoms with van der Waals surface area (Å²) in [5.74, 6) is 0.0699. The zero-order valence-corrected chi connectivity index (χ0v) is 9.52. The van der Waals surface area contributed by atoms with E-state index in [2.05, 4.69) is 20.9 Å². The van der Waals surface area contributed by atoms with E-state index in [1.807, 2.05) is 24.3 Å². The number of benzene rings is 1. The van der Waals surface area contributed by atoms with Crippen molar-refractivity contribution in [2.75, 3.05) is 0 Å². The minimum Gasteiger partial charge on any atom is -0.330 e. The fourth-order valence-electron chi connectivity index (χ4n) is 1.32. The number of halogens is 1. The predicted octanol–water partition coefficient (Wildman–Crippen LogP) is 2.53. The zero-order chi connectivity index (χ0) is 10.7. The Bertz CT molecular complexity index is 465. The number of ketones is 1. The number of hydrogen-bond donors (Lipinski definition) is 0. The van der Waals surface area contributed by atoms with E-state index in [-0.39, 0.29) is 5.78 Å². The molecule has 3 nitrogen and oxygen atoms in total. The smallest absolute Gasteiger partial charge is 0.183 e. The Hall–Kier alpha value is -1.42. The van der Waals surface area contributed by atoms with Gasteiger partial charge in [0, 0.05) is 22.4 Å². The topological polar surface area (TPSA) is 34.9 Å². The number of imidazole rings is 1. The minimum absolute atomic E-state index is 0.0699. The zero-order valence-electron chi connectivity index (χ0n) is 7.93. The SMILES string of the molecule is O=C(Cn1ccnc1)c1ccccc1Br. The molecule has 0 N–H and O–H groups in total. The average Bonchev–Trinajstić information content (AvgIpc) is 2.71. The Morgan fingerprint density at radius 3 is 2.87 bits per heavy atom. The largest absolute Gasteiger partial charge is 0.330 e. The minimum atomic E-state index is 0.0699. The van der Waals surface area contributed by atoms with Gasteiger partial charge in [-0.25, -0.2) is 4.98 Å². The summed E-state index contributed by atoms with van der Waals surface area (Å²) in [6.45, 7) is 0.322. The van der Waals surface area contributed by atoms with Gasteiger partial charge in [0.1, 0.15) is 0 Å². The summed E-state index contributed by atoms with van der Waals surface area (Å²) in [5, 5.41) is 0. The van der Waals surface area contributed by atoms with Gasteiger partial charge < -0.3 is 4.57 Å². The van der Waals surface area contributed by atoms with Crippen LogP contribution >= 0.6 is 15.9 Å². The van der Waals surface area contributed by atoms with Crippen LogP contribution in [0.15, 0.2) is 47.5 Å². The van der Waals surface area contributed by atoms with Crippen LogP contribution in [0.3, 0.4) is 0 Å². The van der Waals surface area contributed by atoms with Gasteiger partial charge in [-0.1, -0.05) is 34.1 Å². The van der Waals surface area contributed by atoms with Crippen molar-refractivity contribution in [1.29, 1.82) is 0 Å². The van der Waals surface area contributed by atoms with Gasteiger partial charge in [-0.3, -0.25) is 4.79 Å². The molecule has 1 heterocycles. The number of carbonyl (C=O) groups is 1. The van der Waals surface area contributed by atoms with E-state index in [0.717, 1.165) is 4.47 Å². The van der Waals surface area contributed by atoms with Gasteiger partial charge in [0.15, 0.2) is 5.78 Å². The van der Waals surface area contributed by atoms with E-state index in [4.69, 9.17) is 0 Å². The lowest BCUT2D eigenvalue weighted by atomic mass is 10.1. The molecule has 0 radical (unpaired) electrons. The lowest BCUT2D eigenvalue weighted by Crippen LogP contribution is -2.09. The van der Waals surface area contributed by atoms with Crippen molar-refractivity contribution in [3.8, 4) is 0 Å². The van der Waals surface area contributed by atoms with Gasteiger partial charge in [-0.15, -0.1) is 0 Å². The summed E-state index contributed by atoms with van der Waals surface area (Å²) in [4.78, 5) is 15.7. The van der Waals surface area contributed by atoms with Crippen LogP contribution in [0.25, 0.3) is 0 Å². The van der Waals surface area contributed by atoms with Gasteiger partial charge in [-0.05, 0) is 6.07 Å². The molecule has 15 heavy (non-hydrogen) atoms. The first-order chi connectivity index (χ1) is 7.27. The molecule has 1 aromatic carbocycles. The molecule has 0 aliphatic carbocycles. The standard InChI is InChI=1S/C11H9BrN2O/c12-10-4-2-1-3-9(10)11(15)7-14-6-5-13-8-14/h1-6,8H,7H2. The lowest BCUT2D eigenvalue weighted by Gasteiger charge is -2.03. The van der Waals surface area contributed by atoms with E-state index < -0.39 is 0 Å². The maximum Gasteiger partial charge on any atom is 0.183 e. The number of hydrogen-bond acceptors (Lipinski definition) is 2. The van der Waals surface area contributed by atoms with Gasteiger partial charge in [-0.2, -0.15) is 0 Å². The normalized spacial score (nSPS) is 10.2. The highest BCUT2D eigenvalue weighted by atomic mass is 79.9. The second-order valence-corrected chi connectivity index (χ2v) is 3.99. The summed E-state index contributed by atoms with van der Waals surface area (Å²) in [7, 11) is 0. The highest BCUT2D eigenvalue weighted by Gasteiger charge is 2.09. The van der Waals surface area contributed by atoms with Crippen molar-refractivity contribution in [2.45, 2.75) is 6.54 Å². The van der Waals surface area contributed by atoms with Gasteiger partial charge in [0.2, 0.25) is 0 Å². The summed E-state index contributed by atoms with van der Waals surface area (Å²) < 4.78 is 2.58. The van der Waals surface area contributed by atoms with Crippen LogP contribution in [0.4, 0.5) is 0 Å². The van der Waals surface area contributed by atoms with E-state index in [1.165, 1.54) is 0 Å². The highest BCUT2D eigenvalue weighted by molar-refractivity contribution is 9.10. The van der Waals surface area contributed by atoms with E-state index in [0.29, 0.717) is 12.1 Å². The van der Waals surface area contributed by atoms with E-state index in [1.54, 1.807) is 23.3 Å². The molecule has 0 aliphatic heterocycles. The fraction of sp³-hybridized carbons (Fsp3) is 0.0909. The van der Waals surface area contributed by atoms with Gasteiger partial charge in [0.25, 0.3) is 0 Å². The molecule has 0 spiro atoms.